The molecule has 2 aromatic rings. The molecule has 0 aliphatic rings. The minimum Gasteiger partial charge on any atom is -0.315 e. The van der Waals surface area contributed by atoms with E-state index in [-0.39, 0.29) is 0 Å². The number of nitrogens with zero attached hydrogens (tertiary/aromatic N) is 2. The lowest BCUT2D eigenvalue weighted by Crippen LogP contribution is -2.23. The minimum atomic E-state index is 0.547. The zero-order valence-electron chi connectivity index (χ0n) is 12.1. The first-order valence-corrected chi connectivity index (χ1v) is 8.49. The Hall–Kier alpha value is -0.780. The fourth-order valence-electron chi connectivity index (χ4n) is 1.88. The summed E-state index contributed by atoms with van der Waals surface area (Å²) in [6.07, 6.45) is 2.10. The standard InChI is InChI=1S/C15H20BrN3S/c1-10(2)17-8-4-5-14-18-19-15(20-14)12-6-7-13(16)11(3)9-12/h6-7,9-10,17H,4-5,8H2,1-3H3. The van der Waals surface area contributed by atoms with Gasteiger partial charge < -0.3 is 5.32 Å². The number of rotatable bonds is 6. The minimum absolute atomic E-state index is 0.547. The molecule has 0 bridgehead atoms. The van der Waals surface area contributed by atoms with Crippen molar-refractivity contribution < 1.29 is 0 Å². The number of hydrogen-bond acceptors (Lipinski definition) is 4. The Bertz CT molecular complexity index is 566. The third-order valence-electron chi connectivity index (χ3n) is 2.99. The Morgan fingerprint density at radius 3 is 2.80 bits per heavy atom. The van der Waals surface area contributed by atoms with Crippen LogP contribution in [0.15, 0.2) is 22.7 Å². The predicted molar refractivity (Wildman–Crippen MR) is 89.2 cm³/mol. The Labute approximate surface area is 133 Å². The van der Waals surface area contributed by atoms with Gasteiger partial charge in [0.15, 0.2) is 0 Å². The van der Waals surface area contributed by atoms with Crippen LogP contribution < -0.4 is 5.32 Å². The third kappa shape index (κ3) is 4.36. The molecule has 0 fully saturated rings. The second-order valence-electron chi connectivity index (χ2n) is 5.18. The van der Waals surface area contributed by atoms with Gasteiger partial charge in [-0.2, -0.15) is 0 Å². The summed E-state index contributed by atoms with van der Waals surface area (Å²) in [4.78, 5) is 0. The topological polar surface area (TPSA) is 37.8 Å². The molecular formula is C15H20BrN3S. The molecule has 0 unspecified atom stereocenters. The van der Waals surface area contributed by atoms with E-state index in [2.05, 4.69) is 70.4 Å². The van der Waals surface area contributed by atoms with E-state index in [1.165, 1.54) is 5.56 Å². The molecule has 108 valence electrons. The lowest BCUT2D eigenvalue weighted by atomic mass is 10.1. The van der Waals surface area contributed by atoms with Gasteiger partial charge in [-0.3, -0.25) is 0 Å². The van der Waals surface area contributed by atoms with Gasteiger partial charge in [0, 0.05) is 22.5 Å². The normalized spacial score (nSPS) is 11.2. The molecule has 20 heavy (non-hydrogen) atoms. The summed E-state index contributed by atoms with van der Waals surface area (Å²) in [5.74, 6) is 0. The van der Waals surface area contributed by atoms with Gasteiger partial charge >= 0.3 is 0 Å². The van der Waals surface area contributed by atoms with Gasteiger partial charge in [0.25, 0.3) is 0 Å². The fraction of sp³-hybridized carbons (Fsp3) is 0.467. The van der Waals surface area contributed by atoms with Gasteiger partial charge in [0.2, 0.25) is 0 Å². The van der Waals surface area contributed by atoms with Crippen LogP contribution in [0.25, 0.3) is 10.6 Å². The zero-order chi connectivity index (χ0) is 14.5. The molecule has 2 rings (SSSR count). The first-order chi connectivity index (χ1) is 9.56. The van der Waals surface area contributed by atoms with E-state index in [0.29, 0.717) is 6.04 Å². The second-order valence-corrected chi connectivity index (χ2v) is 7.09. The van der Waals surface area contributed by atoms with Crippen LogP contribution in [0.2, 0.25) is 0 Å². The van der Waals surface area contributed by atoms with Crippen molar-refractivity contribution in [3.8, 4) is 10.6 Å². The molecule has 3 nitrogen and oxygen atoms in total. The maximum absolute atomic E-state index is 4.30. The molecule has 0 aliphatic carbocycles. The summed E-state index contributed by atoms with van der Waals surface area (Å²) in [6, 6.07) is 6.85. The summed E-state index contributed by atoms with van der Waals surface area (Å²) in [7, 11) is 0. The molecule has 0 radical (unpaired) electrons. The number of aryl methyl sites for hydroxylation is 2. The van der Waals surface area contributed by atoms with Gasteiger partial charge in [-0.15, -0.1) is 10.2 Å². The Morgan fingerprint density at radius 2 is 2.10 bits per heavy atom. The van der Waals surface area contributed by atoms with Crippen LogP contribution in [0.3, 0.4) is 0 Å². The van der Waals surface area contributed by atoms with Crippen LogP contribution in [0, 0.1) is 6.92 Å². The van der Waals surface area contributed by atoms with Crippen molar-refractivity contribution in [2.75, 3.05) is 6.54 Å². The molecule has 5 heteroatoms. The highest BCUT2D eigenvalue weighted by Crippen LogP contribution is 2.27. The third-order valence-corrected chi connectivity index (χ3v) is 4.91. The van der Waals surface area contributed by atoms with Crippen molar-refractivity contribution in [2.45, 2.75) is 39.7 Å². The maximum Gasteiger partial charge on any atom is 0.147 e. The molecule has 0 saturated carbocycles. The summed E-state index contributed by atoms with van der Waals surface area (Å²) in [6.45, 7) is 7.45. The average molecular weight is 354 g/mol. The van der Waals surface area contributed by atoms with E-state index < -0.39 is 0 Å². The van der Waals surface area contributed by atoms with E-state index in [9.17, 15) is 0 Å². The molecule has 0 aliphatic heterocycles. The fourth-order valence-corrected chi connectivity index (χ4v) is 3.00. The first kappa shape index (κ1) is 15.6. The molecule has 0 amide bonds. The van der Waals surface area contributed by atoms with Gasteiger partial charge in [0.1, 0.15) is 10.0 Å². The van der Waals surface area contributed by atoms with Crippen molar-refractivity contribution in [1.29, 1.82) is 0 Å². The van der Waals surface area contributed by atoms with Gasteiger partial charge in [-0.25, -0.2) is 0 Å². The van der Waals surface area contributed by atoms with E-state index in [0.717, 1.165) is 39.4 Å². The number of halogens is 1. The SMILES string of the molecule is Cc1cc(-c2nnc(CCCNC(C)C)s2)ccc1Br. The lowest BCUT2D eigenvalue weighted by molar-refractivity contribution is 0.569. The zero-order valence-corrected chi connectivity index (χ0v) is 14.5. The molecule has 1 aromatic heterocycles. The van der Waals surface area contributed by atoms with Crippen molar-refractivity contribution in [3.05, 3.63) is 33.2 Å². The molecule has 0 saturated heterocycles. The number of benzene rings is 1. The second kappa shape index (κ2) is 7.29. The quantitative estimate of drug-likeness (QED) is 0.790. The monoisotopic (exact) mass is 353 g/mol. The van der Waals surface area contributed by atoms with E-state index in [1.807, 2.05) is 0 Å². The largest absolute Gasteiger partial charge is 0.315 e. The summed E-state index contributed by atoms with van der Waals surface area (Å²) in [5, 5.41) is 14.1. The molecule has 1 aromatic carbocycles. The highest BCUT2D eigenvalue weighted by molar-refractivity contribution is 9.10. The summed E-state index contributed by atoms with van der Waals surface area (Å²) in [5.41, 5.74) is 2.37. The first-order valence-electron chi connectivity index (χ1n) is 6.88. The number of hydrogen-bond donors (Lipinski definition) is 1. The summed E-state index contributed by atoms with van der Waals surface area (Å²) >= 11 is 5.22. The van der Waals surface area contributed by atoms with Gasteiger partial charge in [0.05, 0.1) is 0 Å². The van der Waals surface area contributed by atoms with Crippen LogP contribution in [0.4, 0.5) is 0 Å². The van der Waals surface area contributed by atoms with Crippen molar-refractivity contribution in [1.82, 2.24) is 15.5 Å². The Morgan fingerprint density at radius 1 is 1.30 bits per heavy atom. The molecule has 0 spiro atoms. The van der Waals surface area contributed by atoms with Crippen LogP contribution >= 0.6 is 27.3 Å². The number of nitrogens with one attached hydrogen (secondary N) is 1. The Balaban J connectivity index is 1.96. The summed E-state index contributed by atoms with van der Waals surface area (Å²) < 4.78 is 1.13. The molecule has 0 atom stereocenters. The lowest BCUT2D eigenvalue weighted by Gasteiger charge is -2.05. The number of aromatic nitrogens is 2. The van der Waals surface area contributed by atoms with Crippen LogP contribution in [-0.2, 0) is 6.42 Å². The van der Waals surface area contributed by atoms with Gasteiger partial charge in [-0.1, -0.05) is 47.2 Å². The van der Waals surface area contributed by atoms with E-state index >= 15 is 0 Å². The predicted octanol–water partition coefficient (Wildman–Crippen LogP) is 4.21. The average Bonchev–Trinajstić information content (AvgIpc) is 2.86. The van der Waals surface area contributed by atoms with Crippen molar-refractivity contribution in [3.63, 3.8) is 0 Å². The highest BCUT2D eigenvalue weighted by atomic mass is 79.9. The molecule has 1 N–H and O–H groups in total. The van der Waals surface area contributed by atoms with E-state index in [4.69, 9.17) is 0 Å². The molecule has 1 heterocycles. The van der Waals surface area contributed by atoms with Crippen molar-refractivity contribution in [2.24, 2.45) is 0 Å². The highest BCUT2D eigenvalue weighted by Gasteiger charge is 2.07. The Kier molecular flexibility index (Phi) is 5.69. The van der Waals surface area contributed by atoms with Crippen LogP contribution in [0.1, 0.15) is 30.8 Å². The maximum atomic E-state index is 4.30. The smallest absolute Gasteiger partial charge is 0.147 e. The van der Waals surface area contributed by atoms with Crippen LogP contribution in [0.5, 0.6) is 0 Å². The van der Waals surface area contributed by atoms with Crippen molar-refractivity contribution >= 4 is 27.3 Å². The van der Waals surface area contributed by atoms with E-state index in [1.54, 1.807) is 11.3 Å². The van der Waals surface area contributed by atoms with Gasteiger partial charge in [-0.05, 0) is 37.6 Å². The van der Waals surface area contributed by atoms with Crippen LogP contribution in [-0.4, -0.2) is 22.8 Å². The molecular weight excluding hydrogens is 334 g/mol.